The molecule has 26 heavy (non-hydrogen) atoms. The summed E-state index contributed by atoms with van der Waals surface area (Å²) in [6.07, 6.45) is 4.18. The molecule has 0 saturated carbocycles. The quantitative estimate of drug-likeness (QED) is 0.794. The predicted octanol–water partition coefficient (Wildman–Crippen LogP) is 4.53. The number of benzene rings is 2. The number of fused-ring (bicyclic) bond motifs is 1. The van der Waals surface area contributed by atoms with Crippen LogP contribution in [0, 0.1) is 5.92 Å². The maximum atomic E-state index is 13.3. The summed E-state index contributed by atoms with van der Waals surface area (Å²) in [5, 5.41) is 0.811. The third-order valence-corrected chi connectivity index (χ3v) is 5.95. The zero-order valence-electron chi connectivity index (χ0n) is 15.0. The zero-order valence-corrected chi connectivity index (χ0v) is 15.8. The third-order valence-electron chi connectivity index (χ3n) is 5.58. The molecular weight excluding hydrogens is 344 g/mol. The Morgan fingerprint density at radius 3 is 2.73 bits per heavy atom. The van der Waals surface area contributed by atoms with Crippen molar-refractivity contribution in [2.24, 2.45) is 5.92 Å². The molecule has 2 heterocycles. The first-order valence-corrected chi connectivity index (χ1v) is 9.95. The molecule has 1 saturated heterocycles. The van der Waals surface area contributed by atoms with Crippen LogP contribution in [0.3, 0.4) is 0 Å². The number of carbonyl (C=O) groups is 1. The van der Waals surface area contributed by atoms with E-state index in [1.165, 1.54) is 5.56 Å². The number of hydrogen-bond acceptors (Lipinski definition) is 2. The van der Waals surface area contributed by atoms with E-state index in [9.17, 15) is 4.79 Å². The zero-order chi connectivity index (χ0) is 17.9. The maximum Gasteiger partial charge on any atom is 0.231 e. The third kappa shape index (κ3) is 3.65. The number of piperidine rings is 1. The van der Waals surface area contributed by atoms with E-state index in [2.05, 4.69) is 29.2 Å². The van der Waals surface area contributed by atoms with Crippen molar-refractivity contribution in [3.63, 3.8) is 0 Å². The molecule has 2 aromatic carbocycles. The van der Waals surface area contributed by atoms with Gasteiger partial charge in [0.1, 0.15) is 0 Å². The molecule has 1 fully saturated rings. The van der Waals surface area contributed by atoms with Crippen LogP contribution in [-0.2, 0) is 17.8 Å². The van der Waals surface area contributed by atoms with Gasteiger partial charge in [-0.05, 0) is 55.5 Å². The standard InChI is InChI=1S/C22H25ClN2O/c23-20-11-3-1-8-18(20)15-24-13-5-10-19(16-24)22(26)25-14-6-9-17-7-2-4-12-21(17)25/h1-4,7-8,11-12,19H,5-6,9-10,13-16H2/t19-/m1/s1. The summed E-state index contributed by atoms with van der Waals surface area (Å²) in [5.74, 6) is 0.374. The molecular formula is C22H25ClN2O. The van der Waals surface area contributed by atoms with Gasteiger partial charge in [-0.25, -0.2) is 0 Å². The van der Waals surface area contributed by atoms with E-state index < -0.39 is 0 Å². The second-order valence-corrected chi connectivity index (χ2v) is 7.80. The molecule has 0 spiro atoms. The predicted molar refractivity (Wildman–Crippen MR) is 107 cm³/mol. The van der Waals surface area contributed by atoms with Crippen molar-refractivity contribution < 1.29 is 4.79 Å². The van der Waals surface area contributed by atoms with Crippen LogP contribution in [-0.4, -0.2) is 30.4 Å². The minimum Gasteiger partial charge on any atom is -0.312 e. The first-order valence-electron chi connectivity index (χ1n) is 9.57. The number of aryl methyl sites for hydroxylation is 1. The topological polar surface area (TPSA) is 23.6 Å². The van der Waals surface area contributed by atoms with Crippen LogP contribution < -0.4 is 4.90 Å². The number of carbonyl (C=O) groups excluding carboxylic acids is 1. The molecule has 2 aliphatic heterocycles. The second kappa shape index (κ2) is 7.81. The Kier molecular flexibility index (Phi) is 5.28. The molecule has 1 atom stereocenters. The number of rotatable bonds is 3. The number of hydrogen-bond donors (Lipinski definition) is 0. The van der Waals surface area contributed by atoms with E-state index in [-0.39, 0.29) is 5.92 Å². The SMILES string of the molecule is O=C([C@@H]1CCCN(Cc2ccccc2Cl)C1)N1CCCc2ccccc21. The summed E-state index contributed by atoms with van der Waals surface area (Å²) in [5.41, 5.74) is 3.56. The van der Waals surface area contributed by atoms with E-state index >= 15 is 0 Å². The smallest absolute Gasteiger partial charge is 0.231 e. The molecule has 0 aromatic heterocycles. The van der Waals surface area contributed by atoms with Gasteiger partial charge in [0.05, 0.1) is 5.92 Å². The molecule has 3 nitrogen and oxygen atoms in total. The van der Waals surface area contributed by atoms with Crippen LogP contribution in [0.2, 0.25) is 5.02 Å². The summed E-state index contributed by atoms with van der Waals surface area (Å²) in [6, 6.07) is 16.4. The number of anilines is 1. The van der Waals surface area contributed by atoms with Crippen LogP contribution >= 0.6 is 11.6 Å². The van der Waals surface area contributed by atoms with Crippen LogP contribution in [0.5, 0.6) is 0 Å². The number of halogens is 1. The van der Waals surface area contributed by atoms with Gasteiger partial charge in [-0.2, -0.15) is 0 Å². The fourth-order valence-corrected chi connectivity index (χ4v) is 4.45. The Balaban J connectivity index is 1.46. The number of amides is 1. The Morgan fingerprint density at radius 1 is 1.04 bits per heavy atom. The summed E-state index contributed by atoms with van der Waals surface area (Å²) in [4.78, 5) is 17.7. The van der Waals surface area contributed by atoms with Crippen LogP contribution in [0.1, 0.15) is 30.4 Å². The highest BCUT2D eigenvalue weighted by molar-refractivity contribution is 6.31. The molecule has 2 aromatic rings. The van der Waals surface area contributed by atoms with Crippen LogP contribution in [0.4, 0.5) is 5.69 Å². The summed E-state index contributed by atoms with van der Waals surface area (Å²) in [6.45, 7) is 3.52. The van der Waals surface area contributed by atoms with Crippen molar-refractivity contribution in [3.05, 3.63) is 64.7 Å². The Morgan fingerprint density at radius 2 is 1.85 bits per heavy atom. The second-order valence-electron chi connectivity index (χ2n) is 7.39. The lowest BCUT2D eigenvalue weighted by molar-refractivity contribution is -0.124. The molecule has 0 N–H and O–H groups in total. The van der Waals surface area contributed by atoms with Gasteiger partial charge in [-0.15, -0.1) is 0 Å². The molecule has 0 radical (unpaired) electrons. The Bertz CT molecular complexity index is 791. The van der Waals surface area contributed by atoms with Crippen molar-refractivity contribution in [1.29, 1.82) is 0 Å². The highest BCUT2D eigenvalue weighted by Crippen LogP contribution is 2.30. The fraction of sp³-hybridized carbons (Fsp3) is 0.409. The minimum atomic E-state index is 0.0809. The van der Waals surface area contributed by atoms with Gasteiger partial charge in [0.25, 0.3) is 0 Å². The van der Waals surface area contributed by atoms with E-state index in [4.69, 9.17) is 11.6 Å². The number of para-hydroxylation sites is 1. The van der Waals surface area contributed by atoms with Crippen molar-refractivity contribution in [2.45, 2.75) is 32.2 Å². The van der Waals surface area contributed by atoms with Gasteiger partial charge in [0.15, 0.2) is 0 Å². The molecule has 4 heteroatoms. The van der Waals surface area contributed by atoms with Crippen molar-refractivity contribution in [3.8, 4) is 0 Å². The molecule has 4 rings (SSSR count). The van der Waals surface area contributed by atoms with Crippen molar-refractivity contribution in [1.82, 2.24) is 4.90 Å². The lowest BCUT2D eigenvalue weighted by Gasteiger charge is -2.37. The van der Waals surface area contributed by atoms with Gasteiger partial charge in [-0.3, -0.25) is 9.69 Å². The summed E-state index contributed by atoms with van der Waals surface area (Å²) >= 11 is 6.32. The van der Waals surface area contributed by atoms with E-state index in [0.717, 1.165) is 68.1 Å². The Labute approximate surface area is 160 Å². The van der Waals surface area contributed by atoms with E-state index in [0.29, 0.717) is 5.91 Å². The molecule has 2 aliphatic rings. The van der Waals surface area contributed by atoms with Crippen LogP contribution in [0.25, 0.3) is 0 Å². The molecule has 1 amide bonds. The first kappa shape index (κ1) is 17.6. The molecule has 0 unspecified atom stereocenters. The maximum absolute atomic E-state index is 13.3. The van der Waals surface area contributed by atoms with E-state index in [1.807, 2.05) is 29.2 Å². The average molecular weight is 369 g/mol. The lowest BCUT2D eigenvalue weighted by atomic mass is 9.93. The van der Waals surface area contributed by atoms with Gasteiger partial charge in [0.2, 0.25) is 5.91 Å². The fourth-order valence-electron chi connectivity index (χ4n) is 4.25. The minimum absolute atomic E-state index is 0.0809. The van der Waals surface area contributed by atoms with Gasteiger partial charge < -0.3 is 4.90 Å². The Hall–Kier alpha value is -1.84. The monoisotopic (exact) mass is 368 g/mol. The lowest BCUT2D eigenvalue weighted by Crippen LogP contribution is -2.46. The van der Waals surface area contributed by atoms with Gasteiger partial charge in [-0.1, -0.05) is 48.0 Å². The van der Waals surface area contributed by atoms with Crippen molar-refractivity contribution >= 4 is 23.2 Å². The van der Waals surface area contributed by atoms with Crippen LogP contribution in [0.15, 0.2) is 48.5 Å². The van der Waals surface area contributed by atoms with Crippen molar-refractivity contribution in [2.75, 3.05) is 24.5 Å². The van der Waals surface area contributed by atoms with Gasteiger partial charge >= 0.3 is 0 Å². The summed E-state index contributed by atoms with van der Waals surface area (Å²) in [7, 11) is 0. The average Bonchev–Trinajstić information content (AvgIpc) is 2.69. The molecule has 136 valence electrons. The molecule has 0 aliphatic carbocycles. The highest BCUT2D eigenvalue weighted by Gasteiger charge is 2.31. The molecule has 0 bridgehead atoms. The van der Waals surface area contributed by atoms with Gasteiger partial charge in [0, 0.05) is 30.3 Å². The highest BCUT2D eigenvalue weighted by atomic mass is 35.5. The number of likely N-dealkylation sites (tertiary alicyclic amines) is 1. The normalized spacial score (nSPS) is 20.7. The first-order chi connectivity index (χ1) is 12.7. The largest absolute Gasteiger partial charge is 0.312 e. The van der Waals surface area contributed by atoms with E-state index in [1.54, 1.807) is 0 Å². The summed E-state index contributed by atoms with van der Waals surface area (Å²) < 4.78 is 0. The number of nitrogens with zero attached hydrogens (tertiary/aromatic N) is 2.